The number of nitrogens with two attached hydrogens (primary N) is 2. The summed E-state index contributed by atoms with van der Waals surface area (Å²) in [5.74, 6) is 0.316. The maximum absolute atomic E-state index is 6.72. The molecule has 56 valence electrons. The summed E-state index contributed by atoms with van der Waals surface area (Å²) in [7, 11) is 0. The first kappa shape index (κ1) is 7.35. The Morgan fingerprint density at radius 3 is 2.73 bits per heavy atom. The molecule has 1 aromatic rings. The molecule has 0 fully saturated rings. The third-order valence-electron chi connectivity index (χ3n) is 1.48. The fourth-order valence-corrected chi connectivity index (χ4v) is 0.747. The summed E-state index contributed by atoms with van der Waals surface area (Å²) in [6, 6.07) is 0. The van der Waals surface area contributed by atoms with Gasteiger partial charge in [0, 0.05) is 5.56 Å². The van der Waals surface area contributed by atoms with Crippen LogP contribution in [0.4, 0.5) is 17.2 Å². The van der Waals surface area contributed by atoms with Crippen molar-refractivity contribution >= 4 is 17.2 Å². The zero-order chi connectivity index (χ0) is 8.43. The maximum Gasteiger partial charge on any atom is 0.274 e. The van der Waals surface area contributed by atoms with Crippen LogP contribution < -0.4 is 11.5 Å². The van der Waals surface area contributed by atoms with Gasteiger partial charge in [0.25, 0.3) is 5.82 Å². The van der Waals surface area contributed by atoms with Gasteiger partial charge in [-0.25, -0.2) is 0 Å². The van der Waals surface area contributed by atoms with Gasteiger partial charge in [-0.1, -0.05) is 6.57 Å². The fraction of sp³-hybridized carbons (Fsp3) is 0.143. The van der Waals surface area contributed by atoms with E-state index in [9.17, 15) is 0 Å². The number of anilines is 2. The van der Waals surface area contributed by atoms with Crippen molar-refractivity contribution in [2.45, 2.75) is 6.92 Å². The Morgan fingerprint density at radius 2 is 2.18 bits per heavy atom. The van der Waals surface area contributed by atoms with Crippen molar-refractivity contribution in [3.8, 4) is 0 Å². The van der Waals surface area contributed by atoms with Crippen LogP contribution >= 0.6 is 0 Å². The van der Waals surface area contributed by atoms with Crippen LogP contribution in [-0.4, -0.2) is 4.98 Å². The van der Waals surface area contributed by atoms with Crippen LogP contribution in [0, 0.1) is 13.5 Å². The predicted molar refractivity (Wildman–Crippen MR) is 44.1 cm³/mol. The zero-order valence-electron chi connectivity index (χ0n) is 6.13. The zero-order valence-corrected chi connectivity index (χ0v) is 6.13. The molecule has 0 saturated carbocycles. The highest BCUT2D eigenvalue weighted by Gasteiger charge is 2.05. The Balaban J connectivity index is 3.40. The molecule has 4 N–H and O–H groups in total. The summed E-state index contributed by atoms with van der Waals surface area (Å²) >= 11 is 0. The predicted octanol–water partition coefficient (Wildman–Crippen LogP) is 1.11. The molecule has 0 spiro atoms. The first-order valence-electron chi connectivity index (χ1n) is 3.05. The van der Waals surface area contributed by atoms with Gasteiger partial charge in [0.1, 0.15) is 6.20 Å². The van der Waals surface area contributed by atoms with E-state index in [0.717, 1.165) is 0 Å². The Morgan fingerprint density at radius 1 is 1.55 bits per heavy atom. The second-order valence-electron chi connectivity index (χ2n) is 2.19. The van der Waals surface area contributed by atoms with Gasteiger partial charge in [0.05, 0.1) is 11.4 Å². The van der Waals surface area contributed by atoms with E-state index in [2.05, 4.69) is 9.83 Å². The molecule has 4 nitrogen and oxygen atoms in total. The molecule has 0 radical (unpaired) electrons. The molecular weight excluding hydrogens is 140 g/mol. The van der Waals surface area contributed by atoms with Crippen LogP contribution in [0.15, 0.2) is 6.20 Å². The van der Waals surface area contributed by atoms with Crippen LogP contribution in [-0.2, 0) is 0 Å². The van der Waals surface area contributed by atoms with E-state index in [-0.39, 0.29) is 0 Å². The van der Waals surface area contributed by atoms with Gasteiger partial charge < -0.3 is 16.3 Å². The first-order chi connectivity index (χ1) is 5.16. The minimum absolute atomic E-state index is 0.316. The van der Waals surface area contributed by atoms with Crippen molar-refractivity contribution in [2.75, 3.05) is 11.5 Å². The summed E-state index contributed by atoms with van der Waals surface area (Å²) in [5, 5.41) is 0. The van der Waals surface area contributed by atoms with Crippen molar-refractivity contribution in [3.05, 3.63) is 23.2 Å². The molecule has 1 heterocycles. The van der Waals surface area contributed by atoms with E-state index < -0.39 is 0 Å². The Hall–Kier alpha value is -1.76. The maximum atomic E-state index is 6.72. The highest BCUT2D eigenvalue weighted by Crippen LogP contribution is 2.25. The average Bonchev–Trinajstić information content (AvgIpc) is 2.01. The molecule has 0 aliphatic rings. The SMILES string of the molecule is [C-]#[N+]c1ncc(N)c(N)c1C. The lowest BCUT2D eigenvalue weighted by Gasteiger charge is -2.02. The van der Waals surface area contributed by atoms with E-state index in [1.54, 1.807) is 6.92 Å². The topological polar surface area (TPSA) is 69.3 Å². The molecule has 0 saturated heterocycles. The molecule has 0 aliphatic carbocycles. The molecule has 1 aromatic heterocycles. The van der Waals surface area contributed by atoms with Gasteiger partial charge in [-0.15, -0.1) is 4.98 Å². The standard InChI is InChI=1S/C7H8N4/c1-4-6(9)5(8)3-11-7(4)10-2/h3H,8H2,1H3,(H2,9,11). The molecule has 0 bridgehead atoms. The van der Waals surface area contributed by atoms with Crippen molar-refractivity contribution in [2.24, 2.45) is 0 Å². The lowest BCUT2D eigenvalue weighted by molar-refractivity contribution is 1.30. The summed E-state index contributed by atoms with van der Waals surface area (Å²) in [5.41, 5.74) is 12.5. The second kappa shape index (κ2) is 2.46. The fourth-order valence-electron chi connectivity index (χ4n) is 0.747. The third-order valence-corrected chi connectivity index (χ3v) is 1.48. The van der Waals surface area contributed by atoms with Gasteiger partial charge in [-0.05, 0) is 6.92 Å². The largest absolute Gasteiger partial charge is 0.398 e. The highest BCUT2D eigenvalue weighted by molar-refractivity contribution is 5.71. The Labute approximate surface area is 64.7 Å². The minimum atomic E-state index is 0.316. The third kappa shape index (κ3) is 1.08. The Kier molecular flexibility index (Phi) is 1.65. The van der Waals surface area contributed by atoms with Gasteiger partial charge in [0.15, 0.2) is 0 Å². The van der Waals surface area contributed by atoms with Gasteiger partial charge >= 0.3 is 0 Å². The molecule has 0 amide bonds. The van der Waals surface area contributed by atoms with E-state index in [1.165, 1.54) is 6.20 Å². The molecule has 4 heteroatoms. The summed E-state index contributed by atoms with van der Waals surface area (Å²) in [6.45, 7) is 8.45. The number of nitrogens with zero attached hydrogens (tertiary/aromatic N) is 2. The number of pyridine rings is 1. The second-order valence-corrected chi connectivity index (χ2v) is 2.19. The van der Waals surface area contributed by atoms with E-state index in [0.29, 0.717) is 22.8 Å². The number of aromatic nitrogens is 1. The van der Waals surface area contributed by atoms with E-state index in [1.807, 2.05) is 0 Å². The monoisotopic (exact) mass is 148 g/mol. The van der Waals surface area contributed by atoms with Crippen molar-refractivity contribution in [1.82, 2.24) is 4.98 Å². The van der Waals surface area contributed by atoms with Crippen LogP contribution in [0.5, 0.6) is 0 Å². The van der Waals surface area contributed by atoms with E-state index in [4.69, 9.17) is 18.0 Å². The average molecular weight is 148 g/mol. The van der Waals surface area contributed by atoms with E-state index >= 15 is 0 Å². The number of hydrogen-bond acceptors (Lipinski definition) is 3. The molecule has 0 atom stereocenters. The normalized spacial score (nSPS) is 9.09. The number of nitrogen functional groups attached to an aromatic ring is 2. The molecule has 0 aromatic carbocycles. The minimum Gasteiger partial charge on any atom is -0.398 e. The van der Waals surface area contributed by atoms with Gasteiger partial charge in [-0.2, -0.15) is 0 Å². The van der Waals surface area contributed by atoms with Crippen LogP contribution in [0.3, 0.4) is 0 Å². The van der Waals surface area contributed by atoms with Crippen molar-refractivity contribution in [1.29, 1.82) is 0 Å². The van der Waals surface area contributed by atoms with Gasteiger partial charge in [0.2, 0.25) is 0 Å². The molecular formula is C7H8N4. The van der Waals surface area contributed by atoms with Crippen LogP contribution in [0.1, 0.15) is 5.56 Å². The van der Waals surface area contributed by atoms with Crippen LogP contribution in [0.2, 0.25) is 0 Å². The quantitative estimate of drug-likeness (QED) is 0.541. The molecule has 11 heavy (non-hydrogen) atoms. The molecule has 1 rings (SSSR count). The molecule has 0 unspecified atom stereocenters. The number of hydrogen-bond donors (Lipinski definition) is 2. The first-order valence-corrected chi connectivity index (χ1v) is 3.05. The van der Waals surface area contributed by atoms with Crippen LogP contribution in [0.25, 0.3) is 4.85 Å². The number of rotatable bonds is 0. The molecule has 0 aliphatic heterocycles. The highest BCUT2D eigenvalue weighted by atomic mass is 14.9. The Bertz CT molecular complexity index is 324. The summed E-state index contributed by atoms with van der Waals surface area (Å²) < 4.78 is 0. The lowest BCUT2D eigenvalue weighted by atomic mass is 10.2. The summed E-state index contributed by atoms with van der Waals surface area (Å²) in [4.78, 5) is 6.97. The van der Waals surface area contributed by atoms with Crippen molar-refractivity contribution < 1.29 is 0 Å². The smallest absolute Gasteiger partial charge is 0.274 e. The summed E-state index contributed by atoms with van der Waals surface area (Å²) in [6.07, 6.45) is 1.40. The van der Waals surface area contributed by atoms with Gasteiger partial charge in [-0.3, -0.25) is 0 Å². The lowest BCUT2D eigenvalue weighted by Crippen LogP contribution is -1.98. The van der Waals surface area contributed by atoms with Crippen molar-refractivity contribution in [3.63, 3.8) is 0 Å².